The molecule has 0 aliphatic heterocycles. The van der Waals surface area contributed by atoms with Crippen molar-refractivity contribution in [1.82, 2.24) is 9.88 Å². The van der Waals surface area contributed by atoms with Gasteiger partial charge in [0, 0.05) is 15.9 Å². The first kappa shape index (κ1) is 13.2. The van der Waals surface area contributed by atoms with Gasteiger partial charge in [0.1, 0.15) is 5.01 Å². The van der Waals surface area contributed by atoms with E-state index in [1.807, 2.05) is 6.07 Å². The highest BCUT2D eigenvalue weighted by atomic mass is 79.9. The molecule has 0 fully saturated rings. The van der Waals surface area contributed by atoms with Gasteiger partial charge in [-0.25, -0.2) is 4.98 Å². The van der Waals surface area contributed by atoms with Gasteiger partial charge in [-0.15, -0.1) is 22.7 Å². The molecule has 0 spiro atoms. The van der Waals surface area contributed by atoms with Crippen molar-refractivity contribution in [1.29, 1.82) is 0 Å². The van der Waals surface area contributed by atoms with Gasteiger partial charge in [0.2, 0.25) is 0 Å². The predicted octanol–water partition coefficient (Wildman–Crippen LogP) is 4.75. The largest absolute Gasteiger partial charge is 0.295 e. The van der Waals surface area contributed by atoms with E-state index in [9.17, 15) is 0 Å². The van der Waals surface area contributed by atoms with Crippen LogP contribution in [0, 0.1) is 0 Å². The fourth-order valence-electron chi connectivity index (χ4n) is 1.96. The minimum Gasteiger partial charge on any atom is -0.295 e. The number of para-hydroxylation sites is 1. The highest BCUT2D eigenvalue weighted by Crippen LogP contribution is 2.26. The molecular formula is C14H13BrN2S2. The SMILES string of the molecule is CN(Cc1nc2ccccc2s1)Cc1sccc1Br. The second kappa shape index (κ2) is 5.71. The summed E-state index contributed by atoms with van der Waals surface area (Å²) in [7, 11) is 2.14. The Morgan fingerprint density at radius 1 is 1.21 bits per heavy atom. The number of aromatic nitrogens is 1. The zero-order chi connectivity index (χ0) is 13.2. The van der Waals surface area contributed by atoms with Gasteiger partial charge in [0.05, 0.1) is 16.8 Å². The molecule has 3 rings (SSSR count). The summed E-state index contributed by atoms with van der Waals surface area (Å²) in [5.74, 6) is 0. The fraction of sp³-hybridized carbons (Fsp3) is 0.214. The van der Waals surface area contributed by atoms with Crippen molar-refractivity contribution in [3.8, 4) is 0 Å². The van der Waals surface area contributed by atoms with Crippen molar-refractivity contribution in [3.63, 3.8) is 0 Å². The van der Waals surface area contributed by atoms with E-state index in [1.54, 1.807) is 22.7 Å². The van der Waals surface area contributed by atoms with Crippen LogP contribution in [0.4, 0.5) is 0 Å². The molecule has 0 unspecified atom stereocenters. The summed E-state index contributed by atoms with van der Waals surface area (Å²) in [6.45, 7) is 1.85. The van der Waals surface area contributed by atoms with Gasteiger partial charge in [0.15, 0.2) is 0 Å². The lowest BCUT2D eigenvalue weighted by Gasteiger charge is -2.13. The number of hydrogen-bond acceptors (Lipinski definition) is 4. The molecule has 0 aliphatic rings. The number of rotatable bonds is 4. The number of nitrogens with zero attached hydrogens (tertiary/aromatic N) is 2. The zero-order valence-corrected chi connectivity index (χ0v) is 13.7. The van der Waals surface area contributed by atoms with Crippen LogP contribution in [-0.4, -0.2) is 16.9 Å². The van der Waals surface area contributed by atoms with Gasteiger partial charge in [-0.05, 0) is 46.6 Å². The summed E-state index contributed by atoms with van der Waals surface area (Å²) in [6.07, 6.45) is 0. The Labute approximate surface area is 128 Å². The Kier molecular flexibility index (Phi) is 3.98. The standard InChI is InChI=1S/C14H13BrN2S2/c1-17(8-13-10(15)6-7-18-13)9-14-16-11-4-2-3-5-12(11)19-14/h2-7H,8-9H2,1H3. The van der Waals surface area contributed by atoms with Crippen LogP contribution in [0.25, 0.3) is 10.2 Å². The molecule has 19 heavy (non-hydrogen) atoms. The molecule has 3 aromatic rings. The Hall–Kier alpha value is -0.750. The van der Waals surface area contributed by atoms with Crippen molar-refractivity contribution in [2.75, 3.05) is 7.05 Å². The van der Waals surface area contributed by atoms with E-state index < -0.39 is 0 Å². The molecular weight excluding hydrogens is 340 g/mol. The lowest BCUT2D eigenvalue weighted by Crippen LogP contribution is -2.16. The molecule has 2 nitrogen and oxygen atoms in total. The molecule has 2 heterocycles. The van der Waals surface area contributed by atoms with Crippen molar-refractivity contribution >= 4 is 48.8 Å². The Balaban J connectivity index is 1.72. The summed E-state index contributed by atoms with van der Waals surface area (Å²) < 4.78 is 2.47. The lowest BCUT2D eigenvalue weighted by atomic mass is 10.3. The van der Waals surface area contributed by atoms with Crippen LogP contribution in [0.2, 0.25) is 0 Å². The number of thiazole rings is 1. The van der Waals surface area contributed by atoms with E-state index in [1.165, 1.54) is 19.1 Å². The first-order valence-corrected chi connectivity index (χ1v) is 8.46. The molecule has 98 valence electrons. The topological polar surface area (TPSA) is 16.1 Å². The molecule has 0 saturated heterocycles. The Morgan fingerprint density at radius 2 is 2.05 bits per heavy atom. The molecule has 2 aromatic heterocycles. The van der Waals surface area contributed by atoms with Gasteiger partial charge in [-0.1, -0.05) is 12.1 Å². The van der Waals surface area contributed by atoms with Crippen LogP contribution in [0.3, 0.4) is 0 Å². The van der Waals surface area contributed by atoms with Crippen molar-refractivity contribution in [3.05, 3.63) is 50.1 Å². The summed E-state index contributed by atoms with van der Waals surface area (Å²) >= 11 is 7.15. The summed E-state index contributed by atoms with van der Waals surface area (Å²) in [5.41, 5.74) is 1.10. The van der Waals surface area contributed by atoms with Gasteiger partial charge < -0.3 is 0 Å². The third-order valence-corrected chi connectivity index (χ3v) is 5.78. The molecule has 0 aliphatic carbocycles. The molecule has 0 atom stereocenters. The van der Waals surface area contributed by atoms with Crippen LogP contribution in [-0.2, 0) is 13.1 Å². The molecule has 5 heteroatoms. The lowest BCUT2D eigenvalue weighted by molar-refractivity contribution is 0.321. The quantitative estimate of drug-likeness (QED) is 0.673. The first-order valence-electron chi connectivity index (χ1n) is 5.97. The number of halogens is 1. The fourth-order valence-corrected chi connectivity index (χ4v) is 4.56. The number of fused-ring (bicyclic) bond motifs is 1. The van der Waals surface area contributed by atoms with Gasteiger partial charge >= 0.3 is 0 Å². The third kappa shape index (κ3) is 3.05. The van der Waals surface area contributed by atoms with E-state index in [0.29, 0.717) is 0 Å². The van der Waals surface area contributed by atoms with Crippen LogP contribution < -0.4 is 0 Å². The van der Waals surface area contributed by atoms with Crippen LogP contribution >= 0.6 is 38.6 Å². The van der Waals surface area contributed by atoms with E-state index in [4.69, 9.17) is 0 Å². The maximum atomic E-state index is 4.67. The van der Waals surface area contributed by atoms with E-state index >= 15 is 0 Å². The normalized spacial score (nSPS) is 11.5. The smallest absolute Gasteiger partial charge is 0.108 e. The number of benzene rings is 1. The minimum atomic E-state index is 0.893. The molecule has 0 radical (unpaired) electrons. The second-order valence-electron chi connectivity index (χ2n) is 4.44. The predicted molar refractivity (Wildman–Crippen MR) is 86.8 cm³/mol. The van der Waals surface area contributed by atoms with E-state index in [0.717, 1.165) is 18.6 Å². The van der Waals surface area contributed by atoms with E-state index in [-0.39, 0.29) is 0 Å². The van der Waals surface area contributed by atoms with Crippen LogP contribution in [0.1, 0.15) is 9.88 Å². The van der Waals surface area contributed by atoms with Crippen molar-refractivity contribution in [2.24, 2.45) is 0 Å². The summed E-state index contributed by atoms with van der Waals surface area (Å²) in [5, 5.41) is 3.29. The van der Waals surface area contributed by atoms with Crippen LogP contribution in [0.15, 0.2) is 40.2 Å². The van der Waals surface area contributed by atoms with Gasteiger partial charge in [-0.3, -0.25) is 4.90 Å². The van der Waals surface area contributed by atoms with Gasteiger partial charge in [0.25, 0.3) is 0 Å². The molecule has 0 N–H and O–H groups in total. The monoisotopic (exact) mass is 352 g/mol. The molecule has 0 amide bonds. The van der Waals surface area contributed by atoms with Crippen molar-refractivity contribution < 1.29 is 0 Å². The van der Waals surface area contributed by atoms with E-state index in [2.05, 4.69) is 62.5 Å². The van der Waals surface area contributed by atoms with Crippen LogP contribution in [0.5, 0.6) is 0 Å². The molecule has 1 aromatic carbocycles. The highest BCUT2D eigenvalue weighted by Gasteiger charge is 2.09. The minimum absolute atomic E-state index is 0.893. The summed E-state index contributed by atoms with van der Waals surface area (Å²) in [4.78, 5) is 8.34. The number of hydrogen-bond donors (Lipinski definition) is 0. The van der Waals surface area contributed by atoms with Crippen molar-refractivity contribution in [2.45, 2.75) is 13.1 Å². The average molecular weight is 353 g/mol. The molecule has 0 bridgehead atoms. The maximum Gasteiger partial charge on any atom is 0.108 e. The zero-order valence-electron chi connectivity index (χ0n) is 10.5. The summed E-state index contributed by atoms with van der Waals surface area (Å²) in [6, 6.07) is 10.4. The third-order valence-electron chi connectivity index (χ3n) is 2.85. The first-order chi connectivity index (χ1) is 9.22. The number of thiophene rings is 1. The molecule has 0 saturated carbocycles. The Bertz CT molecular complexity index is 656. The maximum absolute atomic E-state index is 4.67. The second-order valence-corrected chi connectivity index (χ2v) is 7.41. The van der Waals surface area contributed by atoms with Gasteiger partial charge in [-0.2, -0.15) is 0 Å². The highest BCUT2D eigenvalue weighted by molar-refractivity contribution is 9.10. The average Bonchev–Trinajstić information content (AvgIpc) is 2.95. The Morgan fingerprint density at radius 3 is 2.79 bits per heavy atom.